The van der Waals surface area contributed by atoms with Crippen LogP contribution in [0.1, 0.15) is 35.2 Å². The van der Waals surface area contributed by atoms with Crippen molar-refractivity contribution in [3.05, 3.63) is 17.0 Å². The van der Waals surface area contributed by atoms with E-state index >= 15 is 0 Å². The predicted molar refractivity (Wildman–Crippen MR) is 59.3 cm³/mol. The summed E-state index contributed by atoms with van der Waals surface area (Å²) in [6, 6.07) is 0. The van der Waals surface area contributed by atoms with Gasteiger partial charge in [0.2, 0.25) is 0 Å². The van der Waals surface area contributed by atoms with Crippen LogP contribution >= 0.6 is 0 Å². The van der Waals surface area contributed by atoms with Crippen LogP contribution in [-0.2, 0) is 0 Å². The van der Waals surface area contributed by atoms with Crippen LogP contribution in [0, 0.1) is 13.8 Å². The van der Waals surface area contributed by atoms with E-state index in [4.69, 9.17) is 9.63 Å². The van der Waals surface area contributed by atoms with Crippen molar-refractivity contribution in [3.8, 4) is 0 Å². The fourth-order valence-electron chi connectivity index (χ4n) is 1.65. The molecule has 0 aliphatic heterocycles. The highest BCUT2D eigenvalue weighted by Gasteiger charge is 2.22. The molecule has 0 saturated heterocycles. The molecule has 0 aliphatic carbocycles. The van der Waals surface area contributed by atoms with Crippen molar-refractivity contribution in [2.24, 2.45) is 0 Å². The molecule has 1 N–H and O–H groups in total. The number of carbonyl (C=O) groups is 1. The smallest absolute Gasteiger partial charge is 0.259 e. The lowest BCUT2D eigenvalue weighted by molar-refractivity contribution is 0.0719. The second-order valence-corrected chi connectivity index (χ2v) is 3.71. The van der Waals surface area contributed by atoms with E-state index in [1.165, 1.54) is 0 Å². The number of aliphatic hydroxyl groups is 1. The molecular weight excluding hydrogens is 208 g/mol. The summed E-state index contributed by atoms with van der Waals surface area (Å²) in [4.78, 5) is 13.8. The van der Waals surface area contributed by atoms with E-state index < -0.39 is 0 Å². The molecule has 16 heavy (non-hydrogen) atoms. The van der Waals surface area contributed by atoms with Gasteiger partial charge in [-0.25, -0.2) is 0 Å². The molecule has 0 bridgehead atoms. The van der Waals surface area contributed by atoms with Gasteiger partial charge in [0.25, 0.3) is 5.91 Å². The zero-order chi connectivity index (χ0) is 12.1. The van der Waals surface area contributed by atoms with Gasteiger partial charge in [0.05, 0.1) is 12.3 Å². The molecule has 0 atom stereocenters. The average molecular weight is 226 g/mol. The topological polar surface area (TPSA) is 66.6 Å². The molecule has 0 saturated carbocycles. The molecule has 1 aromatic heterocycles. The van der Waals surface area contributed by atoms with E-state index in [0.717, 1.165) is 6.42 Å². The highest BCUT2D eigenvalue weighted by Crippen LogP contribution is 2.15. The van der Waals surface area contributed by atoms with Crippen molar-refractivity contribution in [2.45, 2.75) is 27.2 Å². The quantitative estimate of drug-likeness (QED) is 0.817. The maximum Gasteiger partial charge on any atom is 0.259 e. The molecule has 1 aromatic rings. The van der Waals surface area contributed by atoms with Crippen molar-refractivity contribution in [1.29, 1.82) is 0 Å². The summed E-state index contributed by atoms with van der Waals surface area (Å²) < 4.78 is 4.96. The molecule has 0 fully saturated rings. The Labute approximate surface area is 95.0 Å². The average Bonchev–Trinajstić information content (AvgIpc) is 2.57. The van der Waals surface area contributed by atoms with Gasteiger partial charge in [0.15, 0.2) is 0 Å². The zero-order valence-electron chi connectivity index (χ0n) is 9.99. The van der Waals surface area contributed by atoms with E-state index in [9.17, 15) is 4.79 Å². The van der Waals surface area contributed by atoms with Crippen LogP contribution in [-0.4, -0.2) is 40.8 Å². The van der Waals surface area contributed by atoms with Gasteiger partial charge in [-0.2, -0.15) is 0 Å². The monoisotopic (exact) mass is 226 g/mol. The molecule has 0 spiro atoms. The van der Waals surface area contributed by atoms with Gasteiger partial charge >= 0.3 is 0 Å². The number of nitrogens with zero attached hydrogens (tertiary/aromatic N) is 2. The number of aromatic nitrogens is 1. The number of amides is 1. The Hall–Kier alpha value is -1.36. The highest BCUT2D eigenvalue weighted by molar-refractivity contribution is 5.96. The second-order valence-electron chi connectivity index (χ2n) is 3.71. The molecular formula is C11H18N2O3. The standard InChI is InChI=1S/C11H18N2O3/c1-4-5-13(6-7-14)11(15)10-8(2)12-16-9(10)3/h14H,4-7H2,1-3H3. The SMILES string of the molecule is CCCN(CCO)C(=O)c1c(C)noc1C. The van der Waals surface area contributed by atoms with E-state index in [1.54, 1.807) is 18.7 Å². The van der Waals surface area contributed by atoms with Crippen molar-refractivity contribution in [1.82, 2.24) is 10.1 Å². The van der Waals surface area contributed by atoms with E-state index in [1.807, 2.05) is 6.92 Å². The number of aliphatic hydroxyl groups excluding tert-OH is 1. The first-order valence-electron chi connectivity index (χ1n) is 5.44. The summed E-state index contributed by atoms with van der Waals surface area (Å²) in [7, 11) is 0. The van der Waals surface area contributed by atoms with Crippen molar-refractivity contribution in [2.75, 3.05) is 19.7 Å². The lowest BCUT2D eigenvalue weighted by Crippen LogP contribution is -2.34. The Morgan fingerprint density at radius 2 is 2.12 bits per heavy atom. The van der Waals surface area contributed by atoms with Crippen LogP contribution in [0.2, 0.25) is 0 Å². The highest BCUT2D eigenvalue weighted by atomic mass is 16.5. The molecule has 0 aliphatic rings. The lowest BCUT2D eigenvalue weighted by Gasteiger charge is -2.20. The largest absolute Gasteiger partial charge is 0.395 e. The third-order valence-electron chi connectivity index (χ3n) is 2.40. The van der Waals surface area contributed by atoms with E-state index in [2.05, 4.69) is 5.16 Å². The van der Waals surface area contributed by atoms with Crippen LogP contribution < -0.4 is 0 Å². The summed E-state index contributed by atoms with van der Waals surface area (Å²) in [5, 5.41) is 12.7. The summed E-state index contributed by atoms with van der Waals surface area (Å²) in [5.41, 5.74) is 1.11. The summed E-state index contributed by atoms with van der Waals surface area (Å²) in [6.07, 6.45) is 0.856. The van der Waals surface area contributed by atoms with Gasteiger partial charge in [-0.15, -0.1) is 0 Å². The minimum absolute atomic E-state index is 0.0326. The van der Waals surface area contributed by atoms with Gasteiger partial charge < -0.3 is 14.5 Å². The summed E-state index contributed by atoms with van der Waals surface area (Å²) >= 11 is 0. The molecule has 90 valence electrons. The third kappa shape index (κ3) is 2.61. The molecule has 0 aromatic carbocycles. The Morgan fingerprint density at radius 1 is 1.44 bits per heavy atom. The van der Waals surface area contributed by atoms with E-state index in [0.29, 0.717) is 30.1 Å². The molecule has 5 nitrogen and oxygen atoms in total. The Bertz CT molecular complexity index is 335. The molecule has 1 rings (SSSR count). The molecule has 1 amide bonds. The number of hydrogen-bond acceptors (Lipinski definition) is 4. The Kier molecular flexibility index (Phi) is 4.49. The first-order chi connectivity index (χ1) is 7.61. The first-order valence-corrected chi connectivity index (χ1v) is 5.44. The number of rotatable bonds is 5. The fourth-order valence-corrected chi connectivity index (χ4v) is 1.65. The molecule has 0 unspecified atom stereocenters. The van der Waals surface area contributed by atoms with Gasteiger partial charge in [-0.3, -0.25) is 4.79 Å². The molecule has 1 heterocycles. The summed E-state index contributed by atoms with van der Waals surface area (Å²) in [5.74, 6) is 0.411. The van der Waals surface area contributed by atoms with Crippen LogP contribution in [0.15, 0.2) is 4.52 Å². The van der Waals surface area contributed by atoms with Crippen LogP contribution in [0.5, 0.6) is 0 Å². The van der Waals surface area contributed by atoms with Gasteiger partial charge in [0, 0.05) is 13.1 Å². The van der Waals surface area contributed by atoms with Crippen molar-refractivity contribution >= 4 is 5.91 Å². The molecule has 5 heteroatoms. The maximum atomic E-state index is 12.1. The summed E-state index contributed by atoms with van der Waals surface area (Å²) in [6.45, 7) is 6.39. The van der Waals surface area contributed by atoms with Crippen LogP contribution in [0.25, 0.3) is 0 Å². The fraction of sp³-hybridized carbons (Fsp3) is 0.636. The Balaban J connectivity index is 2.89. The van der Waals surface area contributed by atoms with Crippen molar-refractivity contribution < 1.29 is 14.4 Å². The van der Waals surface area contributed by atoms with Crippen molar-refractivity contribution in [3.63, 3.8) is 0 Å². The van der Waals surface area contributed by atoms with Gasteiger partial charge in [-0.05, 0) is 20.3 Å². The maximum absolute atomic E-state index is 12.1. The van der Waals surface area contributed by atoms with Crippen LogP contribution in [0.4, 0.5) is 0 Å². The first kappa shape index (κ1) is 12.7. The Morgan fingerprint density at radius 3 is 2.56 bits per heavy atom. The van der Waals surface area contributed by atoms with Gasteiger partial charge in [0.1, 0.15) is 11.3 Å². The lowest BCUT2D eigenvalue weighted by atomic mass is 10.1. The second kappa shape index (κ2) is 5.65. The normalized spacial score (nSPS) is 10.5. The third-order valence-corrected chi connectivity index (χ3v) is 2.40. The number of aryl methyl sites for hydroxylation is 2. The minimum Gasteiger partial charge on any atom is -0.395 e. The number of carbonyl (C=O) groups excluding carboxylic acids is 1. The van der Waals surface area contributed by atoms with Crippen LogP contribution in [0.3, 0.4) is 0 Å². The zero-order valence-corrected chi connectivity index (χ0v) is 9.99. The van der Waals surface area contributed by atoms with Gasteiger partial charge in [-0.1, -0.05) is 12.1 Å². The predicted octanol–water partition coefficient (Wildman–Crippen LogP) is 1.14. The number of hydrogen-bond donors (Lipinski definition) is 1. The van der Waals surface area contributed by atoms with E-state index in [-0.39, 0.29) is 12.5 Å². The molecule has 0 radical (unpaired) electrons. The minimum atomic E-state index is -0.118.